The zero-order valence-corrected chi connectivity index (χ0v) is 14.3. The molecule has 0 atom stereocenters. The van der Waals surface area contributed by atoms with E-state index >= 15 is 0 Å². The highest BCUT2D eigenvalue weighted by Crippen LogP contribution is 2.24. The molecule has 0 radical (unpaired) electrons. The molecule has 0 aliphatic rings. The van der Waals surface area contributed by atoms with E-state index in [4.69, 9.17) is 11.6 Å². The van der Waals surface area contributed by atoms with Crippen LogP contribution in [-0.2, 0) is 4.79 Å². The lowest BCUT2D eigenvalue weighted by Crippen LogP contribution is -2.13. The number of nitro groups is 1. The summed E-state index contributed by atoms with van der Waals surface area (Å²) in [7, 11) is 0. The van der Waals surface area contributed by atoms with E-state index in [-0.39, 0.29) is 21.8 Å². The third kappa shape index (κ3) is 4.41. The minimum atomic E-state index is -0.641. The Morgan fingerprint density at radius 1 is 1.33 bits per heavy atom. The summed E-state index contributed by atoms with van der Waals surface area (Å²) in [4.78, 5) is 22.4. The van der Waals surface area contributed by atoms with Crippen LogP contribution in [0.2, 0.25) is 5.02 Å². The number of hydrogen-bond donors (Lipinski definition) is 1. The smallest absolute Gasteiger partial charge is 0.270 e. The van der Waals surface area contributed by atoms with Gasteiger partial charge in [-0.3, -0.25) is 14.9 Å². The maximum absolute atomic E-state index is 12.2. The van der Waals surface area contributed by atoms with Crippen molar-refractivity contribution in [3.63, 3.8) is 0 Å². The van der Waals surface area contributed by atoms with Crippen LogP contribution in [0.25, 0.3) is 6.08 Å². The highest BCUT2D eigenvalue weighted by atomic mass is 79.9. The minimum Gasteiger partial charge on any atom is -0.321 e. The van der Waals surface area contributed by atoms with E-state index in [0.29, 0.717) is 5.69 Å². The van der Waals surface area contributed by atoms with Gasteiger partial charge in [-0.15, -0.1) is 0 Å². The van der Waals surface area contributed by atoms with Gasteiger partial charge in [-0.2, -0.15) is 5.26 Å². The largest absolute Gasteiger partial charge is 0.321 e. The standard InChI is InChI=1S/C16H9BrClN3O3/c17-12-2-1-3-13(8-12)20-16(22)11(9-19)6-10-7-14(21(23)24)4-5-15(10)18/h1-8H,(H,20,22)/b11-6-. The molecule has 0 fully saturated rings. The summed E-state index contributed by atoms with van der Waals surface area (Å²) in [6, 6.07) is 12.4. The Bertz CT molecular complexity index is 890. The van der Waals surface area contributed by atoms with Gasteiger partial charge in [0.25, 0.3) is 11.6 Å². The molecule has 2 aromatic carbocycles. The Balaban J connectivity index is 2.32. The van der Waals surface area contributed by atoms with Crippen LogP contribution in [0.4, 0.5) is 11.4 Å². The van der Waals surface area contributed by atoms with Gasteiger partial charge in [0.1, 0.15) is 11.6 Å². The van der Waals surface area contributed by atoms with Crippen molar-refractivity contribution in [1.82, 2.24) is 0 Å². The van der Waals surface area contributed by atoms with Crippen molar-refractivity contribution in [2.45, 2.75) is 0 Å². The van der Waals surface area contributed by atoms with Crippen LogP contribution in [0.1, 0.15) is 5.56 Å². The van der Waals surface area contributed by atoms with E-state index in [2.05, 4.69) is 21.2 Å². The fourth-order valence-corrected chi connectivity index (χ4v) is 2.40. The summed E-state index contributed by atoms with van der Waals surface area (Å²) in [6.45, 7) is 0. The molecule has 0 unspecified atom stereocenters. The first-order chi connectivity index (χ1) is 11.4. The summed E-state index contributed by atoms with van der Waals surface area (Å²) in [6.07, 6.45) is 1.21. The van der Waals surface area contributed by atoms with Gasteiger partial charge >= 0.3 is 0 Å². The Morgan fingerprint density at radius 2 is 2.08 bits per heavy atom. The van der Waals surface area contributed by atoms with Gasteiger partial charge in [-0.05, 0) is 30.3 Å². The maximum atomic E-state index is 12.2. The lowest BCUT2D eigenvalue weighted by molar-refractivity contribution is -0.384. The molecular formula is C16H9BrClN3O3. The number of benzene rings is 2. The van der Waals surface area contributed by atoms with E-state index in [1.807, 2.05) is 0 Å². The fourth-order valence-electron chi connectivity index (χ4n) is 1.82. The average Bonchev–Trinajstić information content (AvgIpc) is 2.53. The topological polar surface area (TPSA) is 96.0 Å². The second kappa shape index (κ2) is 7.73. The van der Waals surface area contributed by atoms with Crippen LogP contribution in [0.3, 0.4) is 0 Å². The Hall–Kier alpha value is -2.69. The lowest BCUT2D eigenvalue weighted by atomic mass is 10.1. The molecule has 0 aromatic heterocycles. The summed E-state index contributed by atoms with van der Waals surface area (Å²) >= 11 is 9.25. The molecule has 0 saturated heterocycles. The zero-order chi connectivity index (χ0) is 17.7. The van der Waals surface area contributed by atoms with Crippen molar-refractivity contribution in [3.8, 4) is 6.07 Å². The van der Waals surface area contributed by atoms with Crippen LogP contribution in [0.15, 0.2) is 52.5 Å². The molecule has 0 heterocycles. The molecule has 0 bridgehead atoms. The second-order valence-corrected chi connectivity index (χ2v) is 5.92. The van der Waals surface area contributed by atoms with E-state index < -0.39 is 10.8 Å². The number of nitrogens with zero attached hydrogens (tertiary/aromatic N) is 2. The number of carbonyl (C=O) groups is 1. The van der Waals surface area contributed by atoms with Gasteiger partial charge < -0.3 is 5.32 Å². The number of hydrogen-bond acceptors (Lipinski definition) is 4. The number of nitrogens with one attached hydrogen (secondary N) is 1. The second-order valence-electron chi connectivity index (χ2n) is 4.60. The van der Waals surface area contributed by atoms with Gasteiger partial charge in [-0.1, -0.05) is 33.6 Å². The van der Waals surface area contributed by atoms with Crippen molar-refractivity contribution in [1.29, 1.82) is 5.26 Å². The Labute approximate surface area is 150 Å². The van der Waals surface area contributed by atoms with E-state index in [1.165, 1.54) is 24.3 Å². The first-order valence-electron chi connectivity index (χ1n) is 6.53. The number of non-ortho nitro benzene ring substituents is 1. The molecule has 6 nitrogen and oxygen atoms in total. The predicted molar refractivity (Wildman–Crippen MR) is 94.5 cm³/mol. The third-order valence-electron chi connectivity index (χ3n) is 2.94. The minimum absolute atomic E-state index is 0.185. The number of halogens is 2. The molecular weight excluding hydrogens is 398 g/mol. The molecule has 120 valence electrons. The maximum Gasteiger partial charge on any atom is 0.270 e. The van der Waals surface area contributed by atoms with Gasteiger partial charge in [0.05, 0.1) is 4.92 Å². The quantitative estimate of drug-likeness (QED) is 0.348. The van der Waals surface area contributed by atoms with Crippen LogP contribution >= 0.6 is 27.5 Å². The monoisotopic (exact) mass is 405 g/mol. The van der Waals surface area contributed by atoms with Crippen molar-refractivity contribution < 1.29 is 9.72 Å². The van der Waals surface area contributed by atoms with Crippen molar-refractivity contribution in [2.75, 3.05) is 5.32 Å². The molecule has 1 N–H and O–H groups in total. The number of carbonyl (C=O) groups excluding carboxylic acids is 1. The van der Waals surface area contributed by atoms with Crippen molar-refractivity contribution in [3.05, 3.63) is 73.2 Å². The van der Waals surface area contributed by atoms with Gasteiger partial charge in [-0.25, -0.2) is 0 Å². The van der Waals surface area contributed by atoms with Gasteiger partial charge in [0.15, 0.2) is 0 Å². The van der Waals surface area contributed by atoms with Crippen LogP contribution in [0, 0.1) is 21.4 Å². The summed E-state index contributed by atoms with van der Waals surface area (Å²) < 4.78 is 0.768. The SMILES string of the molecule is N#C/C(=C/c1cc([N+](=O)[O-])ccc1Cl)C(=O)Nc1cccc(Br)c1. The summed E-state index contributed by atoms with van der Waals surface area (Å²) in [5.74, 6) is -0.641. The first kappa shape index (κ1) is 17.7. The zero-order valence-electron chi connectivity index (χ0n) is 12.0. The first-order valence-corrected chi connectivity index (χ1v) is 7.70. The third-order valence-corrected chi connectivity index (χ3v) is 3.78. The van der Waals surface area contributed by atoms with Crippen LogP contribution in [0.5, 0.6) is 0 Å². The number of nitriles is 1. The normalized spacial score (nSPS) is 10.8. The van der Waals surface area contributed by atoms with E-state index in [9.17, 15) is 20.2 Å². The molecule has 2 rings (SSSR count). The summed E-state index contributed by atoms with van der Waals surface area (Å²) in [5, 5.41) is 22.8. The summed E-state index contributed by atoms with van der Waals surface area (Å²) in [5.41, 5.74) is 0.306. The van der Waals surface area contributed by atoms with Crippen molar-refractivity contribution >= 4 is 50.9 Å². The Kier molecular flexibility index (Phi) is 5.68. The molecule has 2 aromatic rings. The lowest BCUT2D eigenvalue weighted by Gasteiger charge is -2.05. The Morgan fingerprint density at radius 3 is 2.71 bits per heavy atom. The van der Waals surface area contributed by atoms with Crippen molar-refractivity contribution in [2.24, 2.45) is 0 Å². The highest BCUT2D eigenvalue weighted by Gasteiger charge is 2.13. The van der Waals surface area contributed by atoms with Gasteiger partial charge in [0.2, 0.25) is 0 Å². The number of amides is 1. The molecule has 0 aliphatic carbocycles. The molecule has 0 aliphatic heterocycles. The molecule has 0 spiro atoms. The van der Waals surface area contributed by atoms with E-state index in [0.717, 1.165) is 4.47 Å². The number of nitro benzene ring substituents is 1. The molecule has 24 heavy (non-hydrogen) atoms. The molecule has 8 heteroatoms. The fraction of sp³-hybridized carbons (Fsp3) is 0. The molecule has 0 saturated carbocycles. The highest BCUT2D eigenvalue weighted by molar-refractivity contribution is 9.10. The van der Waals surface area contributed by atoms with Crippen LogP contribution < -0.4 is 5.32 Å². The van der Waals surface area contributed by atoms with E-state index in [1.54, 1.807) is 30.3 Å². The number of anilines is 1. The van der Waals surface area contributed by atoms with Crippen LogP contribution in [-0.4, -0.2) is 10.8 Å². The molecule has 1 amide bonds. The van der Waals surface area contributed by atoms with Gasteiger partial charge in [0, 0.05) is 32.9 Å². The average molecular weight is 407 g/mol. The predicted octanol–water partition coefficient (Wildman–Crippen LogP) is 4.56. The number of rotatable bonds is 4.